The van der Waals surface area contributed by atoms with Gasteiger partial charge in [0.15, 0.2) is 0 Å². The lowest BCUT2D eigenvalue weighted by Gasteiger charge is -2.19. The van der Waals surface area contributed by atoms with Gasteiger partial charge in [0.2, 0.25) is 0 Å². The lowest BCUT2D eigenvalue weighted by molar-refractivity contribution is 0.0497. The van der Waals surface area contributed by atoms with E-state index < -0.39 is 11.7 Å². The van der Waals surface area contributed by atoms with Crippen LogP contribution in [0.15, 0.2) is 22.7 Å². The molecule has 1 amide bonds. The number of hydrogen-bond acceptors (Lipinski definition) is 3. The van der Waals surface area contributed by atoms with Crippen LogP contribution in [-0.2, 0) is 11.3 Å². The zero-order chi connectivity index (χ0) is 13.8. The number of hydrogen-bond donors (Lipinski definition) is 2. The molecule has 2 N–H and O–H groups in total. The predicted octanol–water partition coefficient (Wildman–Crippen LogP) is 3.63. The van der Waals surface area contributed by atoms with E-state index in [4.69, 9.17) is 16.3 Å². The lowest BCUT2D eigenvalue weighted by Crippen LogP contribution is -2.40. The van der Waals surface area contributed by atoms with Crippen LogP contribution in [0.2, 0.25) is 5.02 Å². The van der Waals surface area contributed by atoms with Gasteiger partial charge < -0.3 is 4.74 Å². The average molecular weight is 336 g/mol. The standard InChI is InChI=1S/C12H16BrClN2O2/c1-12(2,3)18-11(17)16-15-7-8-6-9(14)4-5-10(8)13/h4-6,15H,7H2,1-3H3,(H,16,17). The van der Waals surface area contributed by atoms with Crippen molar-refractivity contribution in [3.8, 4) is 0 Å². The Hall–Kier alpha value is -0.780. The van der Waals surface area contributed by atoms with Crippen molar-refractivity contribution in [2.75, 3.05) is 0 Å². The van der Waals surface area contributed by atoms with E-state index in [1.165, 1.54) is 0 Å². The van der Waals surface area contributed by atoms with Crippen LogP contribution in [0.3, 0.4) is 0 Å². The summed E-state index contributed by atoms with van der Waals surface area (Å²) in [5, 5.41) is 0.646. The second-order valence-corrected chi connectivity index (χ2v) is 6.01. The monoisotopic (exact) mass is 334 g/mol. The van der Waals surface area contributed by atoms with E-state index in [2.05, 4.69) is 26.8 Å². The van der Waals surface area contributed by atoms with Crippen molar-refractivity contribution in [2.24, 2.45) is 0 Å². The van der Waals surface area contributed by atoms with Crippen LogP contribution < -0.4 is 10.9 Å². The summed E-state index contributed by atoms with van der Waals surface area (Å²) >= 11 is 9.29. The molecule has 100 valence electrons. The van der Waals surface area contributed by atoms with Gasteiger partial charge in [0.25, 0.3) is 0 Å². The summed E-state index contributed by atoms with van der Waals surface area (Å²) in [5.74, 6) is 0. The van der Waals surface area contributed by atoms with Crippen LogP contribution in [0, 0.1) is 0 Å². The highest BCUT2D eigenvalue weighted by molar-refractivity contribution is 9.10. The number of carbonyl (C=O) groups excluding carboxylic acids is 1. The van der Waals surface area contributed by atoms with Crippen molar-refractivity contribution >= 4 is 33.6 Å². The fraction of sp³-hybridized carbons (Fsp3) is 0.417. The molecule has 1 aromatic carbocycles. The van der Waals surface area contributed by atoms with Crippen LogP contribution in [0.25, 0.3) is 0 Å². The molecular weight excluding hydrogens is 320 g/mol. The molecule has 0 bridgehead atoms. The molecule has 4 nitrogen and oxygen atoms in total. The topological polar surface area (TPSA) is 50.4 Å². The zero-order valence-electron chi connectivity index (χ0n) is 10.5. The molecule has 1 aromatic rings. The highest BCUT2D eigenvalue weighted by atomic mass is 79.9. The first-order valence-electron chi connectivity index (χ1n) is 5.44. The van der Waals surface area contributed by atoms with E-state index in [0.29, 0.717) is 11.6 Å². The van der Waals surface area contributed by atoms with Crippen molar-refractivity contribution in [1.29, 1.82) is 0 Å². The maximum Gasteiger partial charge on any atom is 0.422 e. The van der Waals surface area contributed by atoms with E-state index in [9.17, 15) is 4.79 Å². The number of hydrazine groups is 1. The van der Waals surface area contributed by atoms with Gasteiger partial charge in [0.1, 0.15) is 5.60 Å². The van der Waals surface area contributed by atoms with Crippen LogP contribution >= 0.6 is 27.5 Å². The smallest absolute Gasteiger partial charge is 0.422 e. The van der Waals surface area contributed by atoms with E-state index in [1.54, 1.807) is 26.8 Å². The molecule has 0 fully saturated rings. The molecule has 0 radical (unpaired) electrons. The van der Waals surface area contributed by atoms with Gasteiger partial charge in [-0.05, 0) is 44.5 Å². The highest BCUT2D eigenvalue weighted by Gasteiger charge is 2.15. The third-order valence-corrected chi connectivity index (χ3v) is 2.88. The quantitative estimate of drug-likeness (QED) is 0.829. The predicted molar refractivity (Wildman–Crippen MR) is 75.4 cm³/mol. The fourth-order valence-corrected chi connectivity index (χ4v) is 1.78. The number of benzene rings is 1. The summed E-state index contributed by atoms with van der Waals surface area (Å²) in [4.78, 5) is 11.4. The summed E-state index contributed by atoms with van der Waals surface area (Å²) in [7, 11) is 0. The Labute approximate surface area is 120 Å². The molecule has 0 saturated carbocycles. The maximum atomic E-state index is 11.4. The SMILES string of the molecule is CC(C)(C)OC(=O)NNCc1cc(Cl)ccc1Br. The molecule has 0 saturated heterocycles. The first-order valence-corrected chi connectivity index (χ1v) is 6.61. The minimum atomic E-state index is -0.513. The van der Waals surface area contributed by atoms with Gasteiger partial charge in [0, 0.05) is 16.0 Å². The number of carbonyl (C=O) groups is 1. The van der Waals surface area contributed by atoms with E-state index in [1.807, 2.05) is 12.1 Å². The Morgan fingerprint density at radius 2 is 2.11 bits per heavy atom. The lowest BCUT2D eigenvalue weighted by atomic mass is 10.2. The Morgan fingerprint density at radius 3 is 2.72 bits per heavy atom. The molecule has 6 heteroatoms. The highest BCUT2D eigenvalue weighted by Crippen LogP contribution is 2.20. The van der Waals surface area contributed by atoms with Gasteiger partial charge >= 0.3 is 6.09 Å². The Balaban J connectivity index is 2.42. The van der Waals surface area contributed by atoms with Crippen LogP contribution in [-0.4, -0.2) is 11.7 Å². The van der Waals surface area contributed by atoms with Gasteiger partial charge in [-0.15, -0.1) is 0 Å². The summed E-state index contributed by atoms with van der Waals surface area (Å²) in [6, 6.07) is 5.46. The molecule has 0 aliphatic carbocycles. The maximum absolute atomic E-state index is 11.4. The minimum Gasteiger partial charge on any atom is -0.443 e. The summed E-state index contributed by atoms with van der Waals surface area (Å²) in [5.41, 5.74) is 5.67. The first-order chi connectivity index (χ1) is 8.28. The van der Waals surface area contributed by atoms with Crippen LogP contribution in [0.1, 0.15) is 26.3 Å². The Morgan fingerprint density at radius 1 is 1.44 bits per heavy atom. The van der Waals surface area contributed by atoms with Gasteiger partial charge in [-0.2, -0.15) is 0 Å². The largest absolute Gasteiger partial charge is 0.443 e. The summed E-state index contributed by atoms with van der Waals surface area (Å²) in [6.07, 6.45) is -0.513. The third kappa shape index (κ3) is 5.71. The molecule has 0 aliphatic rings. The van der Waals surface area contributed by atoms with Gasteiger partial charge in [-0.1, -0.05) is 27.5 Å². The normalized spacial score (nSPS) is 11.2. The summed E-state index contributed by atoms with van der Waals surface area (Å²) in [6.45, 7) is 5.86. The summed E-state index contributed by atoms with van der Waals surface area (Å²) < 4.78 is 6.00. The molecule has 0 aromatic heterocycles. The van der Waals surface area contributed by atoms with Crippen molar-refractivity contribution in [3.63, 3.8) is 0 Å². The number of halogens is 2. The third-order valence-electron chi connectivity index (χ3n) is 1.88. The molecule has 0 atom stereocenters. The van der Waals surface area contributed by atoms with E-state index in [-0.39, 0.29) is 0 Å². The fourth-order valence-electron chi connectivity index (χ4n) is 1.19. The molecule has 0 heterocycles. The second kappa shape index (κ2) is 6.41. The van der Waals surface area contributed by atoms with Gasteiger partial charge in [0.05, 0.1) is 0 Å². The average Bonchev–Trinajstić information content (AvgIpc) is 2.20. The molecular formula is C12H16BrClN2O2. The number of nitrogens with one attached hydrogen (secondary N) is 2. The first kappa shape index (κ1) is 15.3. The molecule has 0 aliphatic heterocycles. The second-order valence-electron chi connectivity index (χ2n) is 4.72. The Kier molecular flexibility index (Phi) is 5.44. The number of ether oxygens (including phenoxy) is 1. The van der Waals surface area contributed by atoms with Crippen molar-refractivity contribution in [1.82, 2.24) is 10.9 Å². The van der Waals surface area contributed by atoms with E-state index >= 15 is 0 Å². The molecule has 1 rings (SSSR count). The van der Waals surface area contributed by atoms with Crippen molar-refractivity contribution < 1.29 is 9.53 Å². The van der Waals surface area contributed by atoms with Gasteiger partial charge in [-0.25, -0.2) is 10.2 Å². The van der Waals surface area contributed by atoms with Crippen LogP contribution in [0.5, 0.6) is 0 Å². The van der Waals surface area contributed by atoms with Crippen LogP contribution in [0.4, 0.5) is 4.79 Å². The number of amides is 1. The number of rotatable bonds is 3. The van der Waals surface area contributed by atoms with E-state index in [0.717, 1.165) is 10.0 Å². The zero-order valence-corrected chi connectivity index (χ0v) is 12.9. The molecule has 0 spiro atoms. The van der Waals surface area contributed by atoms with Crippen molar-refractivity contribution in [2.45, 2.75) is 32.9 Å². The molecule has 0 unspecified atom stereocenters. The van der Waals surface area contributed by atoms with Gasteiger partial charge in [-0.3, -0.25) is 5.43 Å². The minimum absolute atomic E-state index is 0.445. The Bertz CT molecular complexity index is 433. The molecule has 18 heavy (non-hydrogen) atoms. The van der Waals surface area contributed by atoms with Crippen molar-refractivity contribution in [3.05, 3.63) is 33.3 Å².